The van der Waals surface area contributed by atoms with E-state index in [1.807, 2.05) is 0 Å². The zero-order valence-electron chi connectivity index (χ0n) is 12.1. The van der Waals surface area contributed by atoms with Crippen LogP contribution in [-0.4, -0.2) is 11.5 Å². The minimum atomic E-state index is 0.278. The highest BCUT2D eigenvalue weighted by molar-refractivity contribution is 8.00. The van der Waals surface area contributed by atoms with Gasteiger partial charge < -0.3 is 0 Å². The molecule has 0 saturated carbocycles. The van der Waals surface area contributed by atoms with Crippen molar-refractivity contribution in [3.63, 3.8) is 0 Å². The molecule has 2 heteroatoms. The summed E-state index contributed by atoms with van der Waals surface area (Å²) in [6.07, 6.45) is 1.57. The Hall–Kier alpha value is -1.54. The first kappa shape index (κ1) is 14.9. The van der Waals surface area contributed by atoms with Crippen LogP contribution in [0.5, 0.6) is 0 Å². The number of carbonyl (C=O) groups excluding carboxylic acids is 1. The normalized spacial score (nSPS) is 10.5. The maximum Gasteiger partial charge on any atom is 0.147 e. The summed E-state index contributed by atoms with van der Waals surface area (Å²) in [5.74, 6) is 0.818. The lowest BCUT2D eigenvalue weighted by Gasteiger charge is -2.04. The summed E-state index contributed by atoms with van der Waals surface area (Å²) in [5.41, 5.74) is 3.67. The molecule has 0 radical (unpaired) electrons. The molecule has 0 bridgehead atoms. The summed E-state index contributed by atoms with van der Waals surface area (Å²) in [7, 11) is 0. The third-order valence-electron chi connectivity index (χ3n) is 3.25. The Morgan fingerprint density at radius 2 is 1.55 bits per heavy atom. The van der Waals surface area contributed by atoms with E-state index < -0.39 is 0 Å². The van der Waals surface area contributed by atoms with Gasteiger partial charge in [-0.1, -0.05) is 48.9 Å². The van der Waals surface area contributed by atoms with Crippen molar-refractivity contribution in [1.82, 2.24) is 0 Å². The minimum Gasteiger partial charge on any atom is -0.298 e. The van der Waals surface area contributed by atoms with Crippen LogP contribution in [0.3, 0.4) is 0 Å². The molecule has 0 aromatic heterocycles. The number of thioether (sulfide) groups is 1. The van der Waals surface area contributed by atoms with Crippen LogP contribution in [0.4, 0.5) is 0 Å². The van der Waals surface area contributed by atoms with E-state index in [0.717, 1.165) is 16.9 Å². The average Bonchev–Trinajstić information content (AvgIpc) is 2.47. The van der Waals surface area contributed by atoms with Crippen LogP contribution in [0.15, 0.2) is 53.4 Å². The lowest BCUT2D eigenvalue weighted by Crippen LogP contribution is -2.05. The summed E-state index contributed by atoms with van der Waals surface area (Å²) in [4.78, 5) is 13.1. The largest absolute Gasteiger partial charge is 0.298 e. The van der Waals surface area contributed by atoms with Crippen molar-refractivity contribution in [2.45, 2.75) is 31.6 Å². The molecule has 104 valence electrons. The van der Waals surface area contributed by atoms with Gasteiger partial charge in [0.05, 0.1) is 5.75 Å². The molecule has 0 atom stereocenters. The molecule has 2 rings (SSSR count). The van der Waals surface area contributed by atoms with Gasteiger partial charge in [0.25, 0.3) is 0 Å². The van der Waals surface area contributed by atoms with Gasteiger partial charge in [-0.2, -0.15) is 0 Å². The van der Waals surface area contributed by atoms with Gasteiger partial charge in [-0.3, -0.25) is 4.79 Å². The number of carbonyl (C=O) groups is 1. The molecule has 0 fully saturated rings. The van der Waals surface area contributed by atoms with Crippen molar-refractivity contribution in [1.29, 1.82) is 0 Å². The number of Topliss-reactive ketones (excluding diaryl/α,β-unsaturated/α-hetero) is 1. The molecule has 0 aliphatic rings. The van der Waals surface area contributed by atoms with E-state index in [1.165, 1.54) is 11.1 Å². The zero-order valence-corrected chi connectivity index (χ0v) is 12.9. The molecular formula is C18H20OS. The highest BCUT2D eigenvalue weighted by Gasteiger charge is 2.05. The molecule has 2 aromatic rings. The fraction of sp³-hybridized carbons (Fsp3) is 0.278. The number of hydrogen-bond donors (Lipinski definition) is 0. The maximum absolute atomic E-state index is 12.0. The number of benzene rings is 2. The Kier molecular flexibility index (Phi) is 5.42. The molecular weight excluding hydrogens is 264 g/mol. The highest BCUT2D eigenvalue weighted by Crippen LogP contribution is 2.19. The summed E-state index contributed by atoms with van der Waals surface area (Å²) < 4.78 is 0. The third-order valence-corrected chi connectivity index (χ3v) is 4.33. The Bertz CT molecular complexity index is 555. The Labute approximate surface area is 125 Å². The predicted molar refractivity (Wildman–Crippen MR) is 86.4 cm³/mol. The lowest BCUT2D eigenvalue weighted by atomic mass is 10.1. The molecule has 1 nitrogen and oxygen atoms in total. The van der Waals surface area contributed by atoms with E-state index in [0.29, 0.717) is 12.2 Å². The van der Waals surface area contributed by atoms with Gasteiger partial charge in [-0.15, -0.1) is 11.8 Å². The average molecular weight is 284 g/mol. The van der Waals surface area contributed by atoms with Gasteiger partial charge in [0.15, 0.2) is 0 Å². The Morgan fingerprint density at radius 1 is 0.950 bits per heavy atom. The van der Waals surface area contributed by atoms with Crippen molar-refractivity contribution in [3.05, 3.63) is 65.2 Å². The second-order valence-electron chi connectivity index (χ2n) is 4.99. The topological polar surface area (TPSA) is 17.1 Å². The third kappa shape index (κ3) is 4.53. The second-order valence-corrected chi connectivity index (χ2v) is 6.04. The van der Waals surface area contributed by atoms with Crippen LogP contribution < -0.4 is 0 Å². The maximum atomic E-state index is 12.0. The first-order valence-electron chi connectivity index (χ1n) is 6.96. The van der Waals surface area contributed by atoms with E-state index in [9.17, 15) is 4.79 Å². The van der Waals surface area contributed by atoms with Gasteiger partial charge in [-0.05, 0) is 36.6 Å². The van der Waals surface area contributed by atoms with E-state index in [-0.39, 0.29) is 5.78 Å². The number of hydrogen-bond acceptors (Lipinski definition) is 2. The molecule has 0 aliphatic heterocycles. The van der Waals surface area contributed by atoms with E-state index in [4.69, 9.17) is 0 Å². The summed E-state index contributed by atoms with van der Waals surface area (Å²) in [6.45, 7) is 4.21. The molecule has 0 heterocycles. The Balaban J connectivity index is 1.84. The van der Waals surface area contributed by atoms with Gasteiger partial charge in [0.2, 0.25) is 0 Å². The highest BCUT2D eigenvalue weighted by atomic mass is 32.2. The summed E-state index contributed by atoms with van der Waals surface area (Å²) in [5, 5.41) is 0. The molecule has 0 spiro atoms. The van der Waals surface area contributed by atoms with E-state index >= 15 is 0 Å². The van der Waals surface area contributed by atoms with Crippen LogP contribution >= 0.6 is 11.8 Å². The Morgan fingerprint density at radius 3 is 2.15 bits per heavy atom. The molecule has 0 amide bonds. The standard InChI is InChI=1S/C18H20OS/c1-3-15-6-8-16(9-7-15)12-17(19)13-20-18-10-4-14(2)5-11-18/h4-11H,3,12-13H2,1-2H3. The number of aryl methyl sites for hydroxylation is 2. The lowest BCUT2D eigenvalue weighted by molar-refractivity contribution is -0.116. The fourth-order valence-electron chi connectivity index (χ4n) is 1.97. The number of rotatable bonds is 6. The van der Waals surface area contributed by atoms with E-state index in [2.05, 4.69) is 62.4 Å². The van der Waals surface area contributed by atoms with Gasteiger partial charge in [-0.25, -0.2) is 0 Å². The second kappa shape index (κ2) is 7.30. The zero-order chi connectivity index (χ0) is 14.4. The van der Waals surface area contributed by atoms with E-state index in [1.54, 1.807) is 11.8 Å². The van der Waals surface area contributed by atoms with Crippen LogP contribution in [0.2, 0.25) is 0 Å². The van der Waals surface area contributed by atoms with Gasteiger partial charge in [0.1, 0.15) is 5.78 Å². The molecule has 0 saturated heterocycles. The van der Waals surface area contributed by atoms with Crippen molar-refractivity contribution < 1.29 is 4.79 Å². The van der Waals surface area contributed by atoms with Crippen LogP contribution in [0.1, 0.15) is 23.6 Å². The molecule has 0 unspecified atom stereocenters. The first-order chi connectivity index (χ1) is 9.67. The smallest absolute Gasteiger partial charge is 0.147 e. The van der Waals surface area contributed by atoms with Crippen molar-refractivity contribution >= 4 is 17.5 Å². The summed E-state index contributed by atoms with van der Waals surface area (Å²) >= 11 is 1.61. The minimum absolute atomic E-state index is 0.278. The number of ketones is 1. The van der Waals surface area contributed by atoms with Gasteiger partial charge in [0, 0.05) is 11.3 Å². The molecule has 20 heavy (non-hydrogen) atoms. The van der Waals surface area contributed by atoms with Crippen molar-refractivity contribution in [3.8, 4) is 0 Å². The molecule has 0 N–H and O–H groups in total. The fourth-order valence-corrected chi connectivity index (χ4v) is 2.73. The molecule has 2 aromatic carbocycles. The van der Waals surface area contributed by atoms with Crippen molar-refractivity contribution in [2.24, 2.45) is 0 Å². The monoisotopic (exact) mass is 284 g/mol. The summed E-state index contributed by atoms with van der Waals surface area (Å²) in [6, 6.07) is 16.6. The van der Waals surface area contributed by atoms with Crippen LogP contribution in [0, 0.1) is 6.92 Å². The van der Waals surface area contributed by atoms with Gasteiger partial charge >= 0.3 is 0 Å². The SMILES string of the molecule is CCc1ccc(CC(=O)CSc2ccc(C)cc2)cc1. The predicted octanol–water partition coefficient (Wildman–Crippen LogP) is 4.46. The van der Waals surface area contributed by atoms with Crippen LogP contribution in [-0.2, 0) is 17.6 Å². The quantitative estimate of drug-likeness (QED) is 0.728. The molecule has 0 aliphatic carbocycles. The first-order valence-corrected chi connectivity index (χ1v) is 7.95. The van der Waals surface area contributed by atoms with Crippen molar-refractivity contribution in [2.75, 3.05) is 5.75 Å². The van der Waals surface area contributed by atoms with Crippen LogP contribution in [0.25, 0.3) is 0 Å².